The van der Waals surface area contributed by atoms with E-state index in [1.807, 2.05) is 11.4 Å². The number of thiazole rings is 1. The van der Waals surface area contributed by atoms with E-state index in [9.17, 15) is 4.79 Å². The van der Waals surface area contributed by atoms with Gasteiger partial charge in [0.2, 0.25) is 0 Å². The summed E-state index contributed by atoms with van der Waals surface area (Å²) in [7, 11) is 0. The predicted octanol–water partition coefficient (Wildman–Crippen LogP) is 4.81. The van der Waals surface area contributed by atoms with Gasteiger partial charge in [-0.1, -0.05) is 37.3 Å². The van der Waals surface area contributed by atoms with Crippen LogP contribution in [0.25, 0.3) is 11.3 Å². The van der Waals surface area contributed by atoms with Crippen molar-refractivity contribution < 1.29 is 9.90 Å². The van der Waals surface area contributed by atoms with E-state index in [1.165, 1.54) is 16.9 Å². The van der Waals surface area contributed by atoms with E-state index in [4.69, 9.17) is 5.11 Å². The van der Waals surface area contributed by atoms with E-state index in [2.05, 4.69) is 41.5 Å². The van der Waals surface area contributed by atoms with Crippen LogP contribution >= 0.6 is 11.3 Å². The molecule has 0 unspecified atom stereocenters. The Kier molecular flexibility index (Phi) is 4.39. The number of carbonyl (C=O) groups is 1. The Bertz CT molecular complexity index is 825. The third kappa shape index (κ3) is 3.57. The Morgan fingerprint density at radius 1 is 1.22 bits per heavy atom. The van der Waals surface area contributed by atoms with Crippen LogP contribution in [0.2, 0.25) is 0 Å². The van der Waals surface area contributed by atoms with Crippen molar-refractivity contribution in [3.8, 4) is 11.3 Å². The zero-order valence-corrected chi connectivity index (χ0v) is 13.4. The number of anilines is 2. The minimum Gasteiger partial charge on any atom is -0.478 e. The van der Waals surface area contributed by atoms with Gasteiger partial charge in [-0.05, 0) is 30.2 Å². The number of rotatable bonds is 5. The number of carboxylic acid groups (broad SMARTS) is 1. The van der Waals surface area contributed by atoms with Crippen molar-refractivity contribution in [1.82, 2.24) is 4.98 Å². The van der Waals surface area contributed by atoms with E-state index >= 15 is 0 Å². The number of aryl methyl sites for hydroxylation is 1. The number of nitrogens with zero attached hydrogens (tertiary/aromatic N) is 1. The van der Waals surface area contributed by atoms with Gasteiger partial charge in [-0.2, -0.15) is 0 Å². The summed E-state index contributed by atoms with van der Waals surface area (Å²) in [5.41, 5.74) is 4.25. The van der Waals surface area contributed by atoms with Gasteiger partial charge in [-0.3, -0.25) is 0 Å². The molecule has 1 aromatic heterocycles. The smallest absolute Gasteiger partial charge is 0.335 e. The van der Waals surface area contributed by atoms with Crippen molar-refractivity contribution >= 4 is 28.1 Å². The van der Waals surface area contributed by atoms with Gasteiger partial charge in [0.05, 0.1) is 11.3 Å². The lowest BCUT2D eigenvalue weighted by molar-refractivity contribution is 0.0697. The molecular formula is C18H16N2O2S. The van der Waals surface area contributed by atoms with Crippen LogP contribution in [0.3, 0.4) is 0 Å². The summed E-state index contributed by atoms with van der Waals surface area (Å²) >= 11 is 1.49. The molecule has 0 aliphatic rings. The fraction of sp³-hybridized carbons (Fsp3) is 0.111. The molecule has 0 saturated heterocycles. The lowest BCUT2D eigenvalue weighted by Gasteiger charge is -2.03. The van der Waals surface area contributed by atoms with E-state index in [-0.39, 0.29) is 5.56 Å². The molecule has 3 rings (SSSR count). The second-order valence-electron chi connectivity index (χ2n) is 5.10. The molecule has 0 aliphatic carbocycles. The third-order valence-electron chi connectivity index (χ3n) is 3.52. The van der Waals surface area contributed by atoms with Gasteiger partial charge >= 0.3 is 5.97 Å². The summed E-state index contributed by atoms with van der Waals surface area (Å²) in [4.78, 5) is 15.6. The lowest BCUT2D eigenvalue weighted by atomic mass is 10.1. The first-order valence-corrected chi connectivity index (χ1v) is 8.19. The molecule has 0 saturated carbocycles. The van der Waals surface area contributed by atoms with E-state index in [0.717, 1.165) is 22.8 Å². The van der Waals surface area contributed by atoms with Gasteiger partial charge in [0, 0.05) is 16.6 Å². The zero-order valence-electron chi connectivity index (χ0n) is 12.6. The molecule has 23 heavy (non-hydrogen) atoms. The predicted molar refractivity (Wildman–Crippen MR) is 93.6 cm³/mol. The first-order valence-electron chi connectivity index (χ1n) is 7.31. The molecule has 2 aromatic carbocycles. The van der Waals surface area contributed by atoms with Crippen LogP contribution in [0, 0.1) is 0 Å². The van der Waals surface area contributed by atoms with Crippen molar-refractivity contribution in [1.29, 1.82) is 0 Å². The highest BCUT2D eigenvalue weighted by atomic mass is 32.1. The van der Waals surface area contributed by atoms with Crippen LogP contribution in [0.4, 0.5) is 10.8 Å². The van der Waals surface area contributed by atoms with Gasteiger partial charge in [0.15, 0.2) is 5.13 Å². The first kappa shape index (κ1) is 15.2. The molecule has 116 valence electrons. The number of aromatic nitrogens is 1. The number of carboxylic acids is 1. The van der Waals surface area contributed by atoms with Gasteiger partial charge in [0.1, 0.15) is 0 Å². The molecule has 0 aliphatic heterocycles. The Labute approximate surface area is 138 Å². The van der Waals surface area contributed by atoms with Crippen molar-refractivity contribution in [2.75, 3.05) is 5.32 Å². The summed E-state index contributed by atoms with van der Waals surface area (Å²) in [6.07, 6.45) is 1.02. The van der Waals surface area contributed by atoms with Crippen LogP contribution in [-0.2, 0) is 6.42 Å². The maximum absolute atomic E-state index is 11.0. The highest BCUT2D eigenvalue weighted by Crippen LogP contribution is 2.27. The van der Waals surface area contributed by atoms with E-state index < -0.39 is 5.97 Å². The lowest BCUT2D eigenvalue weighted by Crippen LogP contribution is -1.97. The molecule has 5 heteroatoms. The van der Waals surface area contributed by atoms with Crippen LogP contribution in [0.15, 0.2) is 53.9 Å². The van der Waals surface area contributed by atoms with Crippen LogP contribution in [0.1, 0.15) is 22.8 Å². The number of hydrogen-bond acceptors (Lipinski definition) is 4. The minimum atomic E-state index is -0.940. The Morgan fingerprint density at radius 3 is 2.70 bits per heavy atom. The highest BCUT2D eigenvalue weighted by Gasteiger charge is 2.07. The van der Waals surface area contributed by atoms with Gasteiger partial charge in [0.25, 0.3) is 0 Å². The number of hydrogen-bond donors (Lipinski definition) is 2. The number of aromatic carboxylic acids is 1. The Morgan fingerprint density at radius 2 is 2.00 bits per heavy atom. The third-order valence-corrected chi connectivity index (χ3v) is 4.28. The van der Waals surface area contributed by atoms with Gasteiger partial charge < -0.3 is 10.4 Å². The maximum Gasteiger partial charge on any atom is 0.335 e. The minimum absolute atomic E-state index is 0.252. The van der Waals surface area contributed by atoms with Crippen LogP contribution in [0.5, 0.6) is 0 Å². The number of benzene rings is 2. The highest BCUT2D eigenvalue weighted by molar-refractivity contribution is 7.14. The molecule has 0 amide bonds. The average Bonchev–Trinajstić information content (AvgIpc) is 3.03. The Balaban J connectivity index is 1.79. The fourth-order valence-electron chi connectivity index (χ4n) is 2.23. The van der Waals surface area contributed by atoms with Crippen LogP contribution < -0.4 is 5.32 Å². The molecule has 4 nitrogen and oxygen atoms in total. The van der Waals surface area contributed by atoms with Crippen molar-refractivity contribution in [2.45, 2.75) is 13.3 Å². The van der Waals surface area contributed by atoms with E-state index in [1.54, 1.807) is 18.2 Å². The normalized spacial score (nSPS) is 10.5. The van der Waals surface area contributed by atoms with Crippen molar-refractivity contribution in [3.05, 3.63) is 65.0 Å². The summed E-state index contributed by atoms with van der Waals surface area (Å²) < 4.78 is 0. The van der Waals surface area contributed by atoms with Gasteiger partial charge in [-0.25, -0.2) is 9.78 Å². The Hall–Kier alpha value is -2.66. The molecule has 2 N–H and O–H groups in total. The molecule has 0 bridgehead atoms. The topological polar surface area (TPSA) is 62.2 Å². The molecular weight excluding hydrogens is 308 g/mol. The maximum atomic E-state index is 11.0. The monoisotopic (exact) mass is 324 g/mol. The molecule has 1 heterocycles. The molecule has 3 aromatic rings. The molecule has 0 spiro atoms. The zero-order chi connectivity index (χ0) is 16.2. The summed E-state index contributed by atoms with van der Waals surface area (Å²) in [5.74, 6) is -0.940. The second kappa shape index (κ2) is 6.62. The largest absolute Gasteiger partial charge is 0.478 e. The van der Waals surface area contributed by atoms with Gasteiger partial charge in [-0.15, -0.1) is 11.3 Å². The molecule has 0 atom stereocenters. The summed E-state index contributed by atoms with van der Waals surface area (Å²) in [6, 6.07) is 15.1. The SMILES string of the molecule is CCc1ccc(-c2csc(Nc3cccc(C(=O)O)c3)n2)cc1. The van der Waals surface area contributed by atoms with Crippen LogP contribution in [-0.4, -0.2) is 16.1 Å². The quantitative estimate of drug-likeness (QED) is 0.706. The average molecular weight is 324 g/mol. The molecule has 0 radical (unpaired) electrons. The first-order chi connectivity index (χ1) is 11.2. The van der Waals surface area contributed by atoms with Crippen molar-refractivity contribution in [3.63, 3.8) is 0 Å². The standard InChI is InChI=1S/C18H16N2O2S/c1-2-12-6-8-13(9-7-12)16-11-23-18(20-16)19-15-5-3-4-14(10-15)17(21)22/h3-11H,2H2,1H3,(H,19,20)(H,21,22). The van der Waals surface area contributed by atoms with Crippen molar-refractivity contribution in [2.24, 2.45) is 0 Å². The molecule has 0 fully saturated rings. The number of nitrogens with one attached hydrogen (secondary N) is 1. The van der Waals surface area contributed by atoms with E-state index in [0.29, 0.717) is 5.69 Å². The second-order valence-corrected chi connectivity index (χ2v) is 5.96. The fourth-order valence-corrected chi connectivity index (χ4v) is 2.97. The summed E-state index contributed by atoms with van der Waals surface area (Å²) in [5, 5.41) is 14.9. The summed E-state index contributed by atoms with van der Waals surface area (Å²) in [6.45, 7) is 2.13.